The van der Waals surface area contributed by atoms with Crippen LogP contribution in [-0.2, 0) is 6.18 Å². The van der Waals surface area contributed by atoms with Crippen molar-refractivity contribution in [2.24, 2.45) is 0 Å². The van der Waals surface area contributed by atoms with Gasteiger partial charge in [0.15, 0.2) is 0 Å². The minimum absolute atomic E-state index is 0.0313. The Bertz CT molecular complexity index is 3680. The molecule has 0 saturated heterocycles. The van der Waals surface area contributed by atoms with Crippen molar-refractivity contribution >= 4 is 43.6 Å². The molecule has 0 aliphatic rings. The van der Waals surface area contributed by atoms with Gasteiger partial charge in [0.1, 0.15) is 11.6 Å². The van der Waals surface area contributed by atoms with Crippen LogP contribution in [0.25, 0.3) is 111 Å². The Morgan fingerprint density at radius 2 is 0.618 bits per heavy atom. The molecule has 0 N–H and O–H groups in total. The zero-order valence-corrected chi connectivity index (χ0v) is 36.1. The second-order valence-electron chi connectivity index (χ2n) is 17.0. The molecule has 0 bridgehead atoms. The lowest BCUT2D eigenvalue weighted by molar-refractivity contribution is -0.137. The van der Waals surface area contributed by atoms with Crippen molar-refractivity contribution in [3.05, 3.63) is 242 Å². The van der Waals surface area contributed by atoms with Crippen LogP contribution in [0.2, 0.25) is 0 Å². The quantitative estimate of drug-likeness (QED) is 0.141. The number of alkyl halides is 3. The number of hydrogen-bond acceptors (Lipinski definition) is 0. The van der Waals surface area contributed by atoms with Crippen molar-refractivity contribution in [2.45, 2.75) is 6.18 Å². The molecule has 0 saturated carbocycles. The number of rotatable bonds is 7. The van der Waals surface area contributed by atoms with Gasteiger partial charge >= 0.3 is 6.18 Å². The maximum Gasteiger partial charge on any atom is 0.418 e. The van der Waals surface area contributed by atoms with Gasteiger partial charge in [0.25, 0.3) is 0 Å². The summed E-state index contributed by atoms with van der Waals surface area (Å²) < 4.78 is 86.1. The van der Waals surface area contributed by atoms with Crippen molar-refractivity contribution in [3.63, 3.8) is 0 Å². The number of hydrogen-bond donors (Lipinski definition) is 0. The average Bonchev–Trinajstić information content (AvgIpc) is 3.88. The van der Waals surface area contributed by atoms with Crippen LogP contribution in [0.3, 0.4) is 0 Å². The van der Waals surface area contributed by atoms with Gasteiger partial charge in [-0.05, 0) is 93.0 Å². The lowest BCUT2D eigenvalue weighted by Crippen LogP contribution is -2.14. The van der Waals surface area contributed by atoms with Crippen LogP contribution in [-0.4, -0.2) is 9.13 Å². The lowest BCUT2D eigenvalue weighted by Gasteiger charge is -2.23. The predicted molar refractivity (Wildman–Crippen MR) is 267 cm³/mol. The highest BCUT2D eigenvalue weighted by molar-refractivity contribution is 6.13. The summed E-state index contributed by atoms with van der Waals surface area (Å²) in [4.78, 5) is 0. The number of aromatic nitrogens is 2. The fourth-order valence-electron chi connectivity index (χ4n) is 9.93. The van der Waals surface area contributed by atoms with Crippen LogP contribution in [0, 0.1) is 11.6 Å². The first kappa shape index (κ1) is 40.9. The van der Waals surface area contributed by atoms with Crippen molar-refractivity contribution in [3.8, 4) is 67.0 Å². The standard InChI is InChI=1S/C61H37F5N2/c62-52-22-13-23-53(63)60(52)50-36-59(68-56-34-44(40-18-9-3-10-19-40)26-30-48(56)49-31-27-45(35-57(49)68)41-20-11-4-12-21-41)51(61(64,65)66)37-58(50)67-54-32-42(38-14-5-1-6-15-38)24-28-46(54)47-29-25-43(33-55(47)67)39-16-7-2-8-17-39/h1-37H. The van der Waals surface area contributed by atoms with E-state index in [1.165, 1.54) is 12.1 Å². The van der Waals surface area contributed by atoms with Crippen molar-refractivity contribution in [1.82, 2.24) is 9.13 Å². The molecule has 10 aromatic carbocycles. The maximum atomic E-state index is 16.7. The minimum Gasteiger partial charge on any atom is -0.309 e. The van der Waals surface area contributed by atoms with Gasteiger partial charge in [-0.1, -0.05) is 176 Å². The number of nitrogens with zero attached hydrogens (tertiary/aromatic N) is 2. The molecule has 0 fully saturated rings. The van der Waals surface area contributed by atoms with Gasteiger partial charge in [0, 0.05) is 27.1 Å². The fraction of sp³-hybridized carbons (Fsp3) is 0.0164. The summed E-state index contributed by atoms with van der Waals surface area (Å²) in [7, 11) is 0. The largest absolute Gasteiger partial charge is 0.418 e. The van der Waals surface area contributed by atoms with E-state index in [2.05, 4.69) is 0 Å². The molecule has 7 heteroatoms. The van der Waals surface area contributed by atoms with E-state index >= 15 is 22.0 Å². The van der Waals surface area contributed by atoms with Crippen LogP contribution in [0.4, 0.5) is 22.0 Å². The summed E-state index contributed by atoms with van der Waals surface area (Å²) in [6, 6.07) is 68.1. The summed E-state index contributed by atoms with van der Waals surface area (Å²) in [6.45, 7) is 0. The molecular formula is C61H37F5N2. The molecule has 2 nitrogen and oxygen atoms in total. The molecule has 2 heterocycles. The van der Waals surface area contributed by atoms with Gasteiger partial charge in [-0.3, -0.25) is 0 Å². The lowest BCUT2D eigenvalue weighted by atomic mass is 9.97. The number of fused-ring (bicyclic) bond motifs is 6. The third-order valence-corrected chi connectivity index (χ3v) is 13.1. The highest BCUT2D eigenvalue weighted by Gasteiger charge is 2.37. The van der Waals surface area contributed by atoms with Gasteiger partial charge in [0.05, 0.1) is 44.6 Å². The van der Waals surface area contributed by atoms with Crippen LogP contribution >= 0.6 is 0 Å². The molecule has 2 aromatic heterocycles. The first-order chi connectivity index (χ1) is 33.2. The fourth-order valence-corrected chi connectivity index (χ4v) is 9.93. The molecule has 0 radical (unpaired) electrons. The van der Waals surface area contributed by atoms with Crippen LogP contribution in [0.15, 0.2) is 224 Å². The van der Waals surface area contributed by atoms with E-state index in [9.17, 15) is 0 Å². The Labute approximate surface area is 388 Å². The second kappa shape index (κ2) is 16.1. The second-order valence-corrected chi connectivity index (χ2v) is 17.0. The zero-order valence-electron chi connectivity index (χ0n) is 36.1. The SMILES string of the molecule is Fc1cccc(F)c1-c1cc(-n2c3cc(-c4ccccc4)ccc3c3ccc(-c4ccccc4)cc32)c(C(F)(F)F)cc1-n1c2cc(-c3ccccc3)ccc2c2ccc(-c3ccccc3)cc21. The summed E-state index contributed by atoms with van der Waals surface area (Å²) in [5.41, 5.74) is 7.18. The van der Waals surface area contributed by atoms with Gasteiger partial charge in [0.2, 0.25) is 0 Å². The van der Waals surface area contributed by atoms with E-state index < -0.39 is 28.9 Å². The molecule has 0 aliphatic carbocycles. The number of benzene rings is 10. The highest BCUT2D eigenvalue weighted by atomic mass is 19.4. The molecule has 12 aromatic rings. The van der Waals surface area contributed by atoms with E-state index in [-0.39, 0.29) is 16.9 Å². The van der Waals surface area contributed by atoms with E-state index in [4.69, 9.17) is 0 Å². The topological polar surface area (TPSA) is 9.86 Å². The Hall–Kier alpha value is -8.55. The van der Waals surface area contributed by atoms with Crippen LogP contribution in [0.1, 0.15) is 5.56 Å². The molecule has 0 spiro atoms. The van der Waals surface area contributed by atoms with Gasteiger partial charge in [-0.2, -0.15) is 13.2 Å². The molecule has 0 aliphatic heterocycles. The average molecular weight is 893 g/mol. The van der Waals surface area contributed by atoms with E-state index in [0.717, 1.165) is 84.3 Å². The van der Waals surface area contributed by atoms with Crippen molar-refractivity contribution in [1.29, 1.82) is 0 Å². The summed E-state index contributed by atoms with van der Waals surface area (Å²) >= 11 is 0. The molecule has 0 atom stereocenters. The number of halogens is 5. The Morgan fingerprint density at radius 1 is 0.294 bits per heavy atom. The van der Waals surface area contributed by atoms with E-state index in [1.54, 1.807) is 9.13 Å². The Balaban J connectivity index is 1.24. The summed E-state index contributed by atoms with van der Waals surface area (Å²) in [5.74, 6) is -1.82. The predicted octanol–water partition coefficient (Wildman–Crippen LogP) is 17.5. The molecule has 68 heavy (non-hydrogen) atoms. The highest BCUT2D eigenvalue weighted by Crippen LogP contribution is 2.47. The van der Waals surface area contributed by atoms with Gasteiger partial charge in [-0.15, -0.1) is 0 Å². The first-order valence-electron chi connectivity index (χ1n) is 22.3. The zero-order chi connectivity index (χ0) is 46.1. The maximum absolute atomic E-state index is 16.7. The minimum atomic E-state index is -4.95. The van der Waals surface area contributed by atoms with Crippen molar-refractivity contribution < 1.29 is 22.0 Å². The third-order valence-electron chi connectivity index (χ3n) is 13.1. The normalized spacial score (nSPS) is 11.9. The smallest absolute Gasteiger partial charge is 0.309 e. The third kappa shape index (κ3) is 6.85. The van der Waals surface area contributed by atoms with Gasteiger partial charge < -0.3 is 9.13 Å². The Morgan fingerprint density at radius 3 is 0.941 bits per heavy atom. The summed E-state index contributed by atoms with van der Waals surface area (Å²) in [6.07, 6.45) is -4.95. The van der Waals surface area contributed by atoms with Crippen molar-refractivity contribution in [2.75, 3.05) is 0 Å². The van der Waals surface area contributed by atoms with E-state index in [0.29, 0.717) is 22.1 Å². The molecule has 0 amide bonds. The monoisotopic (exact) mass is 892 g/mol. The first-order valence-corrected chi connectivity index (χ1v) is 22.3. The molecule has 326 valence electrons. The Kier molecular flexibility index (Phi) is 9.69. The molecule has 0 unspecified atom stereocenters. The van der Waals surface area contributed by atoms with Gasteiger partial charge in [-0.25, -0.2) is 8.78 Å². The van der Waals surface area contributed by atoms with Crippen LogP contribution < -0.4 is 0 Å². The van der Waals surface area contributed by atoms with E-state index in [1.807, 2.05) is 194 Å². The summed E-state index contributed by atoms with van der Waals surface area (Å²) in [5, 5.41) is 2.97. The molecular weight excluding hydrogens is 856 g/mol. The van der Waals surface area contributed by atoms with Crippen LogP contribution in [0.5, 0.6) is 0 Å². The molecule has 12 rings (SSSR count).